The average molecular weight is 735 g/mol. The molecule has 0 spiro atoms. The molecule has 0 amide bonds. The van der Waals surface area contributed by atoms with Crippen LogP contribution in [-0.2, 0) is 15.3 Å². The van der Waals surface area contributed by atoms with Crippen LogP contribution in [0.15, 0.2) is 95.4 Å². The van der Waals surface area contributed by atoms with Crippen molar-refractivity contribution in [2.75, 3.05) is 0 Å². The van der Waals surface area contributed by atoms with Gasteiger partial charge in [-0.3, -0.25) is 0 Å². The number of rotatable bonds is 7. The molecule has 0 N–H and O–H groups in total. The second-order valence-corrected chi connectivity index (χ2v) is 82.8. The molecule has 0 bridgehead atoms. The maximum absolute atomic E-state index is 8.37. The van der Waals surface area contributed by atoms with Gasteiger partial charge in [-0.15, -0.1) is 0 Å². The minimum atomic E-state index is -4.67. The van der Waals surface area contributed by atoms with E-state index in [1.165, 1.54) is 22.3 Å². The van der Waals surface area contributed by atoms with Crippen LogP contribution in [-0.4, -0.2) is 22.1 Å². The fraction of sp³-hybridized carbons (Fsp3) is 0.333. The average Bonchev–Trinajstić information content (AvgIpc) is 3.47. The number of hydrogen-bond donors (Lipinski definition) is 0. The summed E-state index contributed by atoms with van der Waals surface area (Å²) in [5.41, 5.74) is 5.20. The molecule has 2 atom stereocenters. The summed E-state index contributed by atoms with van der Waals surface area (Å²) in [6, 6.07) is 21.6. The van der Waals surface area contributed by atoms with E-state index in [1.54, 1.807) is 10.4 Å². The van der Waals surface area contributed by atoms with Gasteiger partial charge >= 0.3 is 232 Å². The molecule has 2 aromatic carbocycles. The van der Waals surface area contributed by atoms with Crippen LogP contribution < -0.4 is 0 Å². The van der Waals surface area contributed by atoms with Gasteiger partial charge in [0.25, 0.3) is 0 Å². The van der Waals surface area contributed by atoms with Gasteiger partial charge < -0.3 is 0 Å². The van der Waals surface area contributed by atoms with Crippen molar-refractivity contribution in [1.29, 1.82) is 0 Å². The van der Waals surface area contributed by atoms with Crippen molar-refractivity contribution >= 4 is 50.4 Å². The Hall–Kier alpha value is -0.499. The third-order valence-corrected chi connectivity index (χ3v) is 87.6. The van der Waals surface area contributed by atoms with Gasteiger partial charge in [-0.1, -0.05) is 0 Å². The van der Waals surface area contributed by atoms with Crippen LogP contribution in [0.2, 0.25) is 59.7 Å². The molecule has 2 aromatic rings. The van der Waals surface area contributed by atoms with Crippen molar-refractivity contribution < 1.29 is 15.3 Å². The first-order chi connectivity index (χ1) is 16.6. The van der Waals surface area contributed by atoms with Crippen molar-refractivity contribution in [3.63, 3.8) is 0 Å². The summed E-state index contributed by atoms with van der Waals surface area (Å²) in [5, 5.41) is 3.14. The second-order valence-electron chi connectivity index (χ2n) is 13.0. The zero-order valence-corrected chi connectivity index (χ0v) is 31.3. The number of allylic oxidation sites excluding steroid dienone is 8. The molecule has 191 valence electrons. The van der Waals surface area contributed by atoms with Gasteiger partial charge in [-0.05, 0) is 0 Å². The molecule has 2 aliphatic carbocycles. The van der Waals surface area contributed by atoms with Gasteiger partial charge in [0.05, 0.1) is 0 Å². The van der Waals surface area contributed by atoms with Crippen LogP contribution in [0.1, 0.15) is 11.1 Å². The molecule has 36 heavy (non-hydrogen) atoms. The molecule has 0 radical (unpaired) electrons. The monoisotopic (exact) mass is 735 g/mol. The third-order valence-electron chi connectivity index (χ3n) is 8.22. The molecule has 2 aliphatic rings. The van der Waals surface area contributed by atoms with Crippen molar-refractivity contribution in [3.05, 3.63) is 106 Å². The van der Waals surface area contributed by atoms with Crippen molar-refractivity contribution in [3.8, 4) is 0 Å². The number of benzene rings is 2. The minimum absolute atomic E-state index is 0.218. The fourth-order valence-corrected chi connectivity index (χ4v) is 66.5. The predicted octanol–water partition coefficient (Wildman–Crippen LogP) is 10.3. The van der Waals surface area contributed by atoms with Crippen molar-refractivity contribution in [1.82, 2.24) is 0 Å². The second kappa shape index (κ2) is 9.91. The topological polar surface area (TPSA) is 0 Å². The molecule has 0 heterocycles. The molecule has 0 saturated heterocycles. The van der Waals surface area contributed by atoms with E-state index < -0.39 is 37.4 Å². The van der Waals surface area contributed by atoms with E-state index >= 15 is 0 Å². The van der Waals surface area contributed by atoms with E-state index in [0.29, 0.717) is 0 Å². The Labute approximate surface area is 230 Å². The molecule has 0 aliphatic heterocycles. The van der Waals surface area contributed by atoms with Gasteiger partial charge in [-0.25, -0.2) is 0 Å². The Bertz CT molecular complexity index is 1170. The number of hydrogen-bond acceptors (Lipinski definition) is 0. The van der Waals surface area contributed by atoms with E-state index in [0.717, 1.165) is 0 Å². The Kier molecular flexibility index (Phi) is 7.85. The summed E-state index contributed by atoms with van der Waals surface area (Å²) in [6.07, 6.45) is 10.00. The SMILES string of the molecule is C[SiH](C)[Hf]([Cl])([Cl])([CH]1C=C(c2ccccc2)C=C1[Si](C)(C)C)[CH]1C=C(c2ccccc2)C=C1[Si](C)(C)C. The van der Waals surface area contributed by atoms with E-state index in [9.17, 15) is 0 Å². The number of halogens is 2. The fourth-order valence-electron chi connectivity index (χ4n) is 5.96. The molecule has 2 unspecified atom stereocenters. The van der Waals surface area contributed by atoms with Gasteiger partial charge in [0.2, 0.25) is 0 Å². The molecular formula is C30H41Cl2HfSi3. The predicted molar refractivity (Wildman–Crippen MR) is 170 cm³/mol. The standard InChI is InChI=1S/2C14H17Si.C2H7Si.2ClH.Hf/c2*1-15(2,3)14-10-9-13(11-14)12-7-5-4-6-8-12;1-3-2;;;/h2*4-11H,1-3H3;3H,1-2H3;2*1H;/q;;;;;+2/p-2. The summed E-state index contributed by atoms with van der Waals surface area (Å²) < 4.78 is 0.435. The van der Waals surface area contributed by atoms with Gasteiger partial charge in [0.1, 0.15) is 0 Å². The quantitative estimate of drug-likeness (QED) is 0.249. The van der Waals surface area contributed by atoms with Crippen molar-refractivity contribution in [2.45, 2.75) is 59.7 Å². The normalized spacial score (nSPS) is 22.0. The van der Waals surface area contributed by atoms with Gasteiger partial charge in [0, 0.05) is 0 Å². The molecule has 0 nitrogen and oxygen atoms in total. The van der Waals surface area contributed by atoms with Crippen LogP contribution in [0, 0.1) is 0 Å². The Morgan fingerprint density at radius 1 is 0.611 bits per heavy atom. The van der Waals surface area contributed by atoms with Gasteiger partial charge in [-0.2, -0.15) is 0 Å². The van der Waals surface area contributed by atoms with E-state index in [1.807, 2.05) is 0 Å². The summed E-state index contributed by atoms with van der Waals surface area (Å²) in [7, 11) is 13.4. The summed E-state index contributed by atoms with van der Waals surface area (Å²) in [5.74, 6) is -1.46. The molecule has 0 aromatic heterocycles. The summed E-state index contributed by atoms with van der Waals surface area (Å²) >= 11 is -4.67. The van der Waals surface area contributed by atoms with Gasteiger partial charge in [0.15, 0.2) is 0 Å². The third kappa shape index (κ3) is 5.08. The maximum atomic E-state index is 8.37. The Balaban J connectivity index is 1.96. The van der Waals surface area contributed by atoms with E-state index in [4.69, 9.17) is 17.2 Å². The Morgan fingerprint density at radius 3 is 1.22 bits per heavy atom. The zero-order chi connectivity index (χ0) is 26.5. The van der Waals surface area contributed by atoms with Crippen LogP contribution in [0.3, 0.4) is 0 Å². The van der Waals surface area contributed by atoms with Crippen molar-refractivity contribution in [2.24, 2.45) is 0 Å². The van der Waals surface area contributed by atoms with Crippen LogP contribution in [0.25, 0.3) is 11.1 Å². The molecule has 0 fully saturated rings. The first kappa shape index (κ1) is 28.5. The van der Waals surface area contributed by atoms with Crippen LogP contribution in [0.4, 0.5) is 0 Å². The summed E-state index contributed by atoms with van der Waals surface area (Å²) in [4.78, 5) is 0. The first-order valence-electron chi connectivity index (χ1n) is 13.2. The molecular weight excluding hydrogens is 694 g/mol. The zero-order valence-electron chi connectivity index (χ0n) is 23.1. The molecule has 6 heteroatoms. The Morgan fingerprint density at radius 2 is 0.944 bits per heavy atom. The van der Waals surface area contributed by atoms with E-state index in [2.05, 4.69) is 137 Å². The van der Waals surface area contributed by atoms with Crippen LogP contribution in [0.5, 0.6) is 0 Å². The summed E-state index contributed by atoms with van der Waals surface area (Å²) in [6.45, 7) is 19.7. The molecule has 4 rings (SSSR count). The molecule has 0 saturated carbocycles. The first-order valence-corrected chi connectivity index (χ1v) is 42.4. The van der Waals surface area contributed by atoms with E-state index in [-0.39, 0.29) is 7.35 Å². The van der Waals surface area contributed by atoms with Crippen LogP contribution >= 0.6 is 17.2 Å².